The van der Waals surface area contributed by atoms with Crippen LogP contribution in [-0.2, 0) is 19.9 Å². The van der Waals surface area contributed by atoms with E-state index in [1.165, 1.54) is 0 Å². The van der Waals surface area contributed by atoms with Gasteiger partial charge in [0.05, 0.1) is 4.91 Å². The summed E-state index contributed by atoms with van der Waals surface area (Å²) in [5, 5.41) is 4.77. The Labute approximate surface area is 205 Å². The average Bonchev–Trinajstić information content (AvgIpc) is 3.22. The zero-order valence-electron chi connectivity index (χ0n) is 19.1. The number of urea groups is 1. The molecular weight excluding hydrogens is 470 g/mol. The molecule has 0 spiro atoms. The Balaban J connectivity index is 1.32. The summed E-state index contributed by atoms with van der Waals surface area (Å²) in [6.07, 6.45) is 4.76. The van der Waals surface area contributed by atoms with Gasteiger partial charge in [-0.25, -0.2) is 4.79 Å². The first-order valence-corrected chi connectivity index (χ1v) is 11.6. The molecule has 2 aromatic rings. The number of carbonyl (C=O) groups is 5. The van der Waals surface area contributed by atoms with Gasteiger partial charge in [0.1, 0.15) is 12.1 Å². The smallest absolute Gasteiger partial charge is 0.325 e. The van der Waals surface area contributed by atoms with Crippen LogP contribution in [0, 0.1) is 6.92 Å². The van der Waals surface area contributed by atoms with Crippen molar-refractivity contribution < 1.29 is 24.0 Å². The van der Waals surface area contributed by atoms with E-state index in [-0.39, 0.29) is 18.0 Å². The van der Waals surface area contributed by atoms with Gasteiger partial charge in [0.25, 0.3) is 17.1 Å². The van der Waals surface area contributed by atoms with E-state index < -0.39 is 41.1 Å². The Morgan fingerprint density at radius 2 is 1.89 bits per heavy atom. The van der Waals surface area contributed by atoms with Crippen molar-refractivity contribution in [2.75, 3.05) is 19.6 Å². The summed E-state index contributed by atoms with van der Waals surface area (Å²) in [5.41, 5.74) is 1.05. The van der Waals surface area contributed by atoms with Gasteiger partial charge in [-0.05, 0) is 48.9 Å². The minimum absolute atomic E-state index is 0.0179. The lowest BCUT2D eigenvalue weighted by atomic mass is 9.91. The van der Waals surface area contributed by atoms with Crippen molar-refractivity contribution in [2.45, 2.75) is 19.4 Å². The number of nitrogens with one attached hydrogen (secondary N) is 2. The van der Waals surface area contributed by atoms with Crippen LogP contribution in [0.3, 0.4) is 0 Å². The molecule has 2 aliphatic heterocycles. The topological polar surface area (TPSA) is 129 Å². The van der Waals surface area contributed by atoms with Crippen LogP contribution in [0.2, 0.25) is 0 Å². The summed E-state index contributed by atoms with van der Waals surface area (Å²) in [7, 11) is 0. The Bertz CT molecular complexity index is 1230. The van der Waals surface area contributed by atoms with Gasteiger partial charge in [0.15, 0.2) is 0 Å². The maximum Gasteiger partial charge on any atom is 0.325 e. The second-order valence-electron chi connectivity index (χ2n) is 8.28. The van der Waals surface area contributed by atoms with E-state index in [0.29, 0.717) is 11.1 Å². The van der Waals surface area contributed by atoms with Crippen LogP contribution in [0.1, 0.15) is 23.6 Å². The summed E-state index contributed by atoms with van der Waals surface area (Å²) in [5.74, 6) is -1.58. The second kappa shape index (κ2) is 9.71. The highest BCUT2D eigenvalue weighted by molar-refractivity contribution is 8.18. The Morgan fingerprint density at radius 3 is 2.57 bits per heavy atom. The summed E-state index contributed by atoms with van der Waals surface area (Å²) < 4.78 is 0. The van der Waals surface area contributed by atoms with Gasteiger partial charge in [-0.1, -0.05) is 35.9 Å². The summed E-state index contributed by atoms with van der Waals surface area (Å²) in [4.78, 5) is 68.8. The highest BCUT2D eigenvalue weighted by atomic mass is 32.2. The molecule has 2 aliphatic rings. The molecular formula is C24H23N5O5S. The number of nitrogens with zero attached hydrogens (tertiary/aromatic N) is 3. The molecule has 1 aromatic heterocycles. The van der Waals surface area contributed by atoms with Gasteiger partial charge < -0.3 is 10.6 Å². The summed E-state index contributed by atoms with van der Waals surface area (Å²) in [6, 6.07) is 10.0. The van der Waals surface area contributed by atoms with E-state index in [1.54, 1.807) is 49.7 Å². The highest BCUT2D eigenvalue weighted by Crippen LogP contribution is 2.32. The van der Waals surface area contributed by atoms with Crippen LogP contribution >= 0.6 is 11.8 Å². The number of benzene rings is 1. The molecule has 11 heteroatoms. The number of rotatable bonds is 7. The van der Waals surface area contributed by atoms with Gasteiger partial charge in [0.2, 0.25) is 5.91 Å². The van der Waals surface area contributed by atoms with E-state index in [0.717, 1.165) is 27.1 Å². The van der Waals surface area contributed by atoms with Crippen molar-refractivity contribution in [3.8, 4) is 0 Å². The quantitative estimate of drug-likeness (QED) is 0.446. The minimum Gasteiger partial charge on any atom is -0.353 e. The third-order valence-corrected chi connectivity index (χ3v) is 6.63. The van der Waals surface area contributed by atoms with Gasteiger partial charge in [0, 0.05) is 25.5 Å². The molecule has 2 saturated heterocycles. The van der Waals surface area contributed by atoms with E-state index in [1.807, 2.05) is 19.1 Å². The van der Waals surface area contributed by atoms with Crippen molar-refractivity contribution >= 4 is 46.8 Å². The zero-order valence-corrected chi connectivity index (χ0v) is 19.9. The number of amides is 6. The van der Waals surface area contributed by atoms with Crippen LogP contribution in [-0.4, -0.2) is 63.4 Å². The van der Waals surface area contributed by atoms with Gasteiger partial charge in [-0.15, -0.1) is 0 Å². The van der Waals surface area contributed by atoms with Crippen LogP contribution in [0.15, 0.2) is 53.7 Å². The molecule has 3 heterocycles. The average molecular weight is 494 g/mol. The maximum absolute atomic E-state index is 13.0. The van der Waals surface area contributed by atoms with Crippen LogP contribution < -0.4 is 10.6 Å². The second-order valence-corrected chi connectivity index (χ2v) is 9.28. The zero-order chi connectivity index (χ0) is 25.2. The molecule has 0 radical (unpaired) electrons. The number of hydrogen-bond donors (Lipinski definition) is 2. The fraction of sp³-hybridized carbons (Fsp3) is 0.250. The first kappa shape index (κ1) is 24.1. The number of hydrogen-bond acceptors (Lipinski definition) is 7. The first-order chi connectivity index (χ1) is 16.7. The molecule has 0 saturated carbocycles. The molecule has 1 aromatic carbocycles. The molecule has 1 atom stereocenters. The Morgan fingerprint density at radius 1 is 1.14 bits per heavy atom. The van der Waals surface area contributed by atoms with Gasteiger partial charge >= 0.3 is 6.03 Å². The largest absolute Gasteiger partial charge is 0.353 e. The van der Waals surface area contributed by atoms with Crippen molar-refractivity contribution in [3.05, 3.63) is 70.4 Å². The lowest BCUT2D eigenvalue weighted by Gasteiger charge is -2.22. The number of aromatic nitrogens is 1. The predicted molar refractivity (Wildman–Crippen MR) is 129 cm³/mol. The number of carbonyl (C=O) groups excluding carboxylic acids is 5. The summed E-state index contributed by atoms with van der Waals surface area (Å²) in [6.45, 7) is 2.97. The van der Waals surface area contributed by atoms with E-state index in [2.05, 4.69) is 15.6 Å². The predicted octanol–water partition coefficient (Wildman–Crippen LogP) is 2.01. The van der Waals surface area contributed by atoms with Crippen molar-refractivity contribution in [2.24, 2.45) is 0 Å². The molecule has 180 valence electrons. The maximum atomic E-state index is 13.0. The summed E-state index contributed by atoms with van der Waals surface area (Å²) >= 11 is 0.813. The minimum atomic E-state index is -1.27. The lowest BCUT2D eigenvalue weighted by Crippen LogP contribution is -2.44. The molecule has 2 fully saturated rings. The number of pyridine rings is 1. The fourth-order valence-corrected chi connectivity index (χ4v) is 4.60. The third kappa shape index (κ3) is 4.94. The molecule has 2 N–H and O–H groups in total. The lowest BCUT2D eigenvalue weighted by molar-refractivity contribution is -0.134. The van der Waals surface area contributed by atoms with Crippen LogP contribution in [0.25, 0.3) is 6.08 Å². The number of imide groups is 2. The van der Waals surface area contributed by atoms with Crippen molar-refractivity contribution in [1.82, 2.24) is 25.4 Å². The third-order valence-electron chi connectivity index (χ3n) is 5.72. The molecule has 0 bridgehead atoms. The normalized spacial score (nSPS) is 21.1. The fourth-order valence-electron chi connectivity index (χ4n) is 3.74. The van der Waals surface area contributed by atoms with E-state index >= 15 is 0 Å². The Hall–Kier alpha value is -3.99. The molecule has 35 heavy (non-hydrogen) atoms. The first-order valence-electron chi connectivity index (χ1n) is 10.8. The van der Waals surface area contributed by atoms with Crippen LogP contribution in [0.4, 0.5) is 9.59 Å². The van der Waals surface area contributed by atoms with Crippen molar-refractivity contribution in [1.29, 1.82) is 0 Å². The molecule has 4 rings (SSSR count). The number of aryl methyl sites for hydroxylation is 1. The Kier molecular flexibility index (Phi) is 6.70. The molecule has 0 unspecified atom stereocenters. The molecule has 0 aliphatic carbocycles. The number of thioether (sulfide) groups is 1. The van der Waals surface area contributed by atoms with E-state index in [4.69, 9.17) is 0 Å². The van der Waals surface area contributed by atoms with Gasteiger partial charge in [-0.2, -0.15) is 0 Å². The molecule has 6 amide bonds. The SMILES string of the molecule is Cc1ccc([C@]2(C)NC(=O)N(CC(=O)NCCN3C(=O)S/C(=C\c4cccnc4)C3=O)C2=O)cc1. The van der Waals surface area contributed by atoms with Crippen LogP contribution in [0.5, 0.6) is 0 Å². The monoisotopic (exact) mass is 493 g/mol. The highest BCUT2D eigenvalue weighted by Gasteiger charge is 2.49. The van der Waals surface area contributed by atoms with Crippen molar-refractivity contribution in [3.63, 3.8) is 0 Å². The standard InChI is InChI=1S/C24H23N5O5S/c1-15-5-7-17(8-6-15)24(2)21(32)29(22(33)27-24)14-19(30)26-10-11-28-20(31)18(35-23(28)34)12-16-4-3-9-25-13-16/h3-9,12-13H,10-11,14H2,1-2H3,(H,26,30)(H,27,33)/b18-12-/t24-/m0/s1. The van der Waals surface area contributed by atoms with E-state index in [9.17, 15) is 24.0 Å². The van der Waals surface area contributed by atoms with Gasteiger partial charge in [-0.3, -0.25) is 34.0 Å². The molecule has 10 nitrogen and oxygen atoms in total.